The number of nitrogens with zero attached hydrogens (tertiary/aromatic N) is 2. The molecule has 0 aliphatic carbocycles. The Kier molecular flexibility index (Phi) is 4.05. The Hall–Kier alpha value is -1.77. The van der Waals surface area contributed by atoms with Gasteiger partial charge in [-0.05, 0) is 22.9 Å². The van der Waals surface area contributed by atoms with Gasteiger partial charge in [-0.25, -0.2) is 4.79 Å². The highest BCUT2D eigenvalue weighted by atomic mass is 32.1. The molecule has 2 amide bonds. The molecule has 0 spiro atoms. The van der Waals surface area contributed by atoms with Crippen LogP contribution in [-0.4, -0.2) is 16.2 Å². The third-order valence-electron chi connectivity index (χ3n) is 2.51. The molecule has 0 bridgehead atoms. The number of rotatable bonds is 4. The van der Waals surface area contributed by atoms with Crippen LogP contribution in [0.1, 0.15) is 15.8 Å². The van der Waals surface area contributed by atoms with Crippen LogP contribution >= 0.6 is 34.0 Å². The number of aromatic nitrogens is 2. The smallest absolute Gasteiger partial charge is 0.321 e. The minimum atomic E-state index is -0.284. The molecule has 0 unspecified atom stereocenters. The summed E-state index contributed by atoms with van der Waals surface area (Å²) in [5, 5.41) is 17.6. The van der Waals surface area contributed by atoms with E-state index >= 15 is 0 Å². The largest absolute Gasteiger partial charge is 0.325 e. The van der Waals surface area contributed by atoms with E-state index in [9.17, 15) is 4.79 Å². The molecule has 0 fully saturated rings. The Balaban J connectivity index is 1.75. The monoisotopic (exact) mass is 322 g/mol. The van der Waals surface area contributed by atoms with E-state index in [4.69, 9.17) is 0 Å². The van der Waals surface area contributed by atoms with Crippen molar-refractivity contribution in [2.75, 3.05) is 5.32 Å². The first-order chi connectivity index (χ1) is 9.83. The van der Waals surface area contributed by atoms with Gasteiger partial charge < -0.3 is 5.32 Å². The van der Waals surface area contributed by atoms with Gasteiger partial charge in [-0.3, -0.25) is 5.32 Å². The molecule has 3 aromatic rings. The van der Waals surface area contributed by atoms with Crippen molar-refractivity contribution >= 4 is 45.2 Å². The number of amides is 2. The number of urea groups is 1. The summed E-state index contributed by atoms with van der Waals surface area (Å²) in [6, 6.07) is 7.56. The maximum absolute atomic E-state index is 12.0. The van der Waals surface area contributed by atoms with Gasteiger partial charge in [-0.2, -0.15) is 0 Å². The summed E-state index contributed by atoms with van der Waals surface area (Å²) < 4.78 is 0. The molecule has 0 aliphatic heterocycles. The highest BCUT2D eigenvalue weighted by Gasteiger charge is 2.19. The van der Waals surface area contributed by atoms with Gasteiger partial charge in [-0.1, -0.05) is 23.5 Å². The maximum Gasteiger partial charge on any atom is 0.321 e. The predicted octanol–water partition coefficient (Wildman–Crippen LogP) is 3.57. The summed E-state index contributed by atoms with van der Waals surface area (Å²) in [7, 11) is 0. The van der Waals surface area contributed by atoms with E-state index in [1.54, 1.807) is 28.2 Å². The second-order valence-electron chi connectivity index (χ2n) is 3.81. The molecule has 0 saturated carbocycles. The van der Waals surface area contributed by atoms with Gasteiger partial charge in [-0.15, -0.1) is 32.9 Å². The van der Waals surface area contributed by atoms with Crippen molar-refractivity contribution in [3.05, 3.63) is 50.3 Å². The number of hydrogen-bond acceptors (Lipinski definition) is 6. The lowest BCUT2D eigenvalue weighted by Gasteiger charge is -2.15. The van der Waals surface area contributed by atoms with Crippen LogP contribution in [0.25, 0.3) is 0 Å². The molecule has 3 heterocycles. The molecule has 8 heteroatoms. The lowest BCUT2D eigenvalue weighted by Crippen LogP contribution is -2.32. The Labute approximate surface area is 127 Å². The summed E-state index contributed by atoms with van der Waals surface area (Å²) in [5.41, 5.74) is 1.58. The van der Waals surface area contributed by atoms with Gasteiger partial charge in [0.15, 0.2) is 0 Å². The van der Waals surface area contributed by atoms with Gasteiger partial charge in [0, 0.05) is 9.75 Å². The predicted molar refractivity (Wildman–Crippen MR) is 82.5 cm³/mol. The van der Waals surface area contributed by atoms with Crippen LogP contribution < -0.4 is 10.6 Å². The van der Waals surface area contributed by atoms with Gasteiger partial charge in [0.2, 0.25) is 5.13 Å². The van der Waals surface area contributed by atoms with E-state index in [0.717, 1.165) is 9.75 Å². The molecule has 0 radical (unpaired) electrons. The zero-order valence-electron chi connectivity index (χ0n) is 10.1. The first-order valence-corrected chi connectivity index (χ1v) is 8.37. The van der Waals surface area contributed by atoms with E-state index in [2.05, 4.69) is 20.8 Å². The lowest BCUT2D eigenvalue weighted by atomic mass is 10.2. The number of hydrogen-bond donors (Lipinski definition) is 2. The summed E-state index contributed by atoms with van der Waals surface area (Å²) in [5.74, 6) is 0. The van der Waals surface area contributed by atoms with Crippen molar-refractivity contribution in [2.24, 2.45) is 0 Å². The van der Waals surface area contributed by atoms with Crippen molar-refractivity contribution in [3.63, 3.8) is 0 Å². The fraction of sp³-hybridized carbons (Fsp3) is 0.0833. The van der Waals surface area contributed by atoms with Gasteiger partial charge in [0.1, 0.15) is 5.51 Å². The first kappa shape index (κ1) is 13.2. The second-order valence-corrected chi connectivity index (χ2v) is 6.60. The van der Waals surface area contributed by atoms with Crippen molar-refractivity contribution < 1.29 is 4.79 Å². The second kappa shape index (κ2) is 6.12. The van der Waals surface area contributed by atoms with E-state index in [-0.39, 0.29) is 12.1 Å². The molecule has 5 nitrogen and oxygen atoms in total. The number of carbonyl (C=O) groups excluding carboxylic acids is 1. The molecular formula is C12H10N4OS3. The fourth-order valence-corrected chi connectivity index (χ4v) is 3.79. The minimum absolute atomic E-state index is 0.136. The normalized spacial score (nSPS) is 10.7. The number of thiophene rings is 2. The molecule has 0 aromatic carbocycles. The van der Waals surface area contributed by atoms with Gasteiger partial charge >= 0.3 is 6.03 Å². The molecule has 20 heavy (non-hydrogen) atoms. The van der Waals surface area contributed by atoms with Crippen molar-refractivity contribution in [1.29, 1.82) is 0 Å². The van der Waals surface area contributed by atoms with Crippen LogP contribution in [0, 0.1) is 0 Å². The Morgan fingerprint density at radius 2 is 1.80 bits per heavy atom. The van der Waals surface area contributed by atoms with E-state index in [1.807, 2.05) is 35.0 Å². The maximum atomic E-state index is 12.0. The Bertz CT molecular complexity index is 615. The average molecular weight is 322 g/mol. The number of carbonyl (C=O) groups is 1. The third kappa shape index (κ3) is 3.03. The molecule has 102 valence electrons. The zero-order chi connectivity index (χ0) is 13.8. The number of nitrogens with one attached hydrogen (secondary N) is 2. The zero-order valence-corrected chi connectivity index (χ0v) is 12.6. The van der Waals surface area contributed by atoms with Crippen LogP contribution in [0.3, 0.4) is 0 Å². The average Bonchev–Trinajstić information content (AvgIpc) is 3.18. The molecule has 0 atom stereocenters. The van der Waals surface area contributed by atoms with Crippen molar-refractivity contribution in [1.82, 2.24) is 15.5 Å². The molecule has 0 saturated heterocycles. The van der Waals surface area contributed by atoms with E-state index in [0.29, 0.717) is 5.13 Å². The number of anilines is 1. The standard InChI is InChI=1S/C12H10N4OS3/c17-11(15-12-16-13-7-20-12)14-10(8-3-1-5-18-8)9-4-2-6-19-9/h1-7,10H,(H2,14,15,16,17). The summed E-state index contributed by atoms with van der Waals surface area (Å²) in [4.78, 5) is 14.2. The van der Waals surface area contributed by atoms with Crippen molar-refractivity contribution in [2.45, 2.75) is 6.04 Å². The molecular weight excluding hydrogens is 312 g/mol. The molecule has 0 aliphatic rings. The molecule has 2 N–H and O–H groups in total. The van der Waals surface area contributed by atoms with Crippen LogP contribution in [0.15, 0.2) is 40.5 Å². The lowest BCUT2D eigenvalue weighted by molar-refractivity contribution is 0.250. The quantitative estimate of drug-likeness (QED) is 0.771. The molecule has 3 rings (SSSR count). The van der Waals surface area contributed by atoms with E-state index < -0.39 is 0 Å². The van der Waals surface area contributed by atoms with Crippen LogP contribution in [0.2, 0.25) is 0 Å². The SMILES string of the molecule is O=C(Nc1nncs1)NC(c1cccs1)c1cccs1. The van der Waals surface area contributed by atoms with Crippen LogP contribution in [0.4, 0.5) is 9.93 Å². The van der Waals surface area contributed by atoms with Crippen LogP contribution in [-0.2, 0) is 0 Å². The summed E-state index contributed by atoms with van der Waals surface area (Å²) in [6.07, 6.45) is 0. The van der Waals surface area contributed by atoms with Crippen LogP contribution in [0.5, 0.6) is 0 Å². The summed E-state index contributed by atoms with van der Waals surface area (Å²) >= 11 is 4.52. The highest BCUT2D eigenvalue weighted by molar-refractivity contribution is 7.13. The highest BCUT2D eigenvalue weighted by Crippen LogP contribution is 2.29. The molecule has 3 aromatic heterocycles. The minimum Gasteiger partial charge on any atom is -0.325 e. The van der Waals surface area contributed by atoms with Crippen molar-refractivity contribution in [3.8, 4) is 0 Å². The third-order valence-corrected chi connectivity index (χ3v) is 4.99. The summed E-state index contributed by atoms with van der Waals surface area (Å²) in [6.45, 7) is 0. The topological polar surface area (TPSA) is 66.9 Å². The Morgan fingerprint density at radius 3 is 2.30 bits per heavy atom. The van der Waals surface area contributed by atoms with Gasteiger partial charge in [0.05, 0.1) is 6.04 Å². The van der Waals surface area contributed by atoms with E-state index in [1.165, 1.54) is 11.3 Å². The first-order valence-electron chi connectivity index (χ1n) is 5.73. The fourth-order valence-electron chi connectivity index (χ4n) is 1.69. The van der Waals surface area contributed by atoms with Gasteiger partial charge in [0.25, 0.3) is 0 Å². The Morgan fingerprint density at radius 1 is 1.10 bits per heavy atom.